The SMILES string of the molecule is CC(C)N=C(c1cccs1)N(CCC#N)Cc1cccnc1.Cl. The first-order valence-corrected chi connectivity index (χ1v) is 8.21. The van der Waals surface area contributed by atoms with E-state index >= 15 is 0 Å². The summed E-state index contributed by atoms with van der Waals surface area (Å²) in [6, 6.07) is 10.5. The Labute approximate surface area is 147 Å². The molecule has 2 rings (SSSR count). The van der Waals surface area contributed by atoms with Gasteiger partial charge in [-0.3, -0.25) is 9.98 Å². The topological polar surface area (TPSA) is 52.3 Å². The van der Waals surface area contributed by atoms with Gasteiger partial charge >= 0.3 is 0 Å². The molecule has 0 bridgehead atoms. The maximum absolute atomic E-state index is 8.95. The molecule has 0 saturated carbocycles. The lowest BCUT2D eigenvalue weighted by Gasteiger charge is -2.25. The van der Waals surface area contributed by atoms with Crippen LogP contribution in [0.25, 0.3) is 0 Å². The van der Waals surface area contributed by atoms with Gasteiger partial charge < -0.3 is 4.90 Å². The molecule has 0 aliphatic carbocycles. The summed E-state index contributed by atoms with van der Waals surface area (Å²) >= 11 is 1.67. The number of pyridine rings is 1. The fraction of sp³-hybridized carbons (Fsp3) is 0.353. The molecular formula is C17H21ClN4S. The molecule has 0 aliphatic rings. The Morgan fingerprint density at radius 3 is 2.78 bits per heavy atom. The number of nitriles is 1. The van der Waals surface area contributed by atoms with Gasteiger partial charge in [0.2, 0.25) is 0 Å². The summed E-state index contributed by atoms with van der Waals surface area (Å²) in [5.74, 6) is 0.962. The number of hydrogen-bond donors (Lipinski definition) is 0. The van der Waals surface area contributed by atoms with Crippen LogP contribution in [-0.2, 0) is 6.54 Å². The molecule has 6 heteroatoms. The molecule has 0 radical (unpaired) electrons. The molecule has 0 amide bonds. The maximum Gasteiger partial charge on any atom is 0.141 e. The van der Waals surface area contributed by atoms with Gasteiger partial charge in [-0.15, -0.1) is 23.7 Å². The lowest BCUT2D eigenvalue weighted by molar-refractivity contribution is 0.419. The van der Waals surface area contributed by atoms with Crippen LogP contribution in [0.2, 0.25) is 0 Å². The third-order valence-corrected chi connectivity index (χ3v) is 3.88. The molecule has 4 nitrogen and oxygen atoms in total. The van der Waals surface area contributed by atoms with Crippen molar-refractivity contribution >= 4 is 29.6 Å². The van der Waals surface area contributed by atoms with Gasteiger partial charge in [-0.2, -0.15) is 5.26 Å². The van der Waals surface area contributed by atoms with E-state index in [1.807, 2.05) is 24.4 Å². The smallest absolute Gasteiger partial charge is 0.141 e. The van der Waals surface area contributed by atoms with Crippen molar-refractivity contribution in [1.82, 2.24) is 9.88 Å². The van der Waals surface area contributed by atoms with Gasteiger partial charge in [0.15, 0.2) is 0 Å². The number of rotatable bonds is 6. The zero-order valence-electron chi connectivity index (χ0n) is 13.3. The maximum atomic E-state index is 8.95. The third-order valence-electron chi connectivity index (χ3n) is 3.01. The van der Waals surface area contributed by atoms with Crippen LogP contribution in [0.4, 0.5) is 0 Å². The minimum atomic E-state index is 0. The summed E-state index contributed by atoms with van der Waals surface area (Å²) in [6.45, 7) is 5.51. The predicted octanol–water partition coefficient (Wildman–Crippen LogP) is 4.14. The van der Waals surface area contributed by atoms with Crippen molar-refractivity contribution in [1.29, 1.82) is 5.26 Å². The zero-order valence-corrected chi connectivity index (χ0v) is 15.0. The van der Waals surface area contributed by atoms with Gasteiger partial charge in [-0.05, 0) is 36.9 Å². The lowest BCUT2D eigenvalue weighted by Crippen LogP contribution is -2.32. The summed E-state index contributed by atoms with van der Waals surface area (Å²) in [4.78, 5) is 12.3. The molecule has 2 heterocycles. The Bertz CT molecular complexity index is 632. The van der Waals surface area contributed by atoms with Crippen LogP contribution in [0.15, 0.2) is 47.0 Å². The Hall–Kier alpha value is -1.90. The monoisotopic (exact) mass is 348 g/mol. The number of halogens is 1. The molecule has 23 heavy (non-hydrogen) atoms. The number of hydrogen-bond acceptors (Lipinski definition) is 4. The second kappa shape index (κ2) is 9.98. The first-order valence-electron chi connectivity index (χ1n) is 7.33. The van der Waals surface area contributed by atoms with Gasteiger partial charge in [0.05, 0.1) is 17.4 Å². The fourth-order valence-corrected chi connectivity index (χ4v) is 2.86. The van der Waals surface area contributed by atoms with Crippen LogP contribution in [-0.4, -0.2) is 28.3 Å². The molecule has 0 atom stereocenters. The molecule has 0 fully saturated rings. The zero-order chi connectivity index (χ0) is 15.8. The second-order valence-corrected chi connectivity index (χ2v) is 6.16. The van der Waals surface area contributed by atoms with E-state index in [1.54, 1.807) is 17.5 Å². The highest BCUT2D eigenvalue weighted by molar-refractivity contribution is 7.12. The third kappa shape index (κ3) is 6.01. The van der Waals surface area contributed by atoms with E-state index in [9.17, 15) is 0 Å². The van der Waals surface area contributed by atoms with E-state index in [4.69, 9.17) is 10.3 Å². The molecule has 0 aliphatic heterocycles. The van der Waals surface area contributed by atoms with Gasteiger partial charge in [0.25, 0.3) is 0 Å². The van der Waals surface area contributed by atoms with Crippen LogP contribution in [0.1, 0.15) is 30.7 Å². The van der Waals surface area contributed by atoms with E-state index in [0.29, 0.717) is 19.5 Å². The highest BCUT2D eigenvalue weighted by Gasteiger charge is 2.15. The highest BCUT2D eigenvalue weighted by atomic mass is 35.5. The number of aliphatic imine (C=N–C) groups is 1. The minimum Gasteiger partial charge on any atom is -0.350 e. The van der Waals surface area contributed by atoms with Crippen molar-refractivity contribution in [2.75, 3.05) is 6.54 Å². The molecular weight excluding hydrogens is 328 g/mol. The van der Waals surface area contributed by atoms with Crippen molar-refractivity contribution in [3.63, 3.8) is 0 Å². The Balaban J connectivity index is 0.00000264. The average molecular weight is 349 g/mol. The number of aromatic nitrogens is 1. The number of amidine groups is 1. The number of nitrogens with zero attached hydrogens (tertiary/aromatic N) is 4. The van der Waals surface area contributed by atoms with E-state index < -0.39 is 0 Å². The van der Waals surface area contributed by atoms with Gasteiger partial charge in [-0.25, -0.2) is 0 Å². The van der Waals surface area contributed by atoms with E-state index in [-0.39, 0.29) is 18.4 Å². The standard InChI is InChI=1S/C17H20N4S.ClH/c1-14(2)20-17(16-7-4-11-22-16)21(10-5-8-18)13-15-6-3-9-19-12-15;/h3-4,6-7,9,11-12,14H,5,10,13H2,1-2H3;1H. The summed E-state index contributed by atoms with van der Waals surface area (Å²) in [7, 11) is 0. The first kappa shape index (κ1) is 19.1. The quantitative estimate of drug-likeness (QED) is 0.582. The second-order valence-electron chi connectivity index (χ2n) is 5.21. The predicted molar refractivity (Wildman–Crippen MR) is 98.1 cm³/mol. The molecule has 0 saturated heterocycles. The van der Waals surface area contributed by atoms with Crippen molar-refractivity contribution in [3.05, 3.63) is 52.5 Å². The molecule has 2 aromatic rings. The summed E-state index contributed by atoms with van der Waals surface area (Å²) in [5, 5.41) is 11.0. The van der Waals surface area contributed by atoms with Gasteiger partial charge in [0, 0.05) is 31.5 Å². The number of thiophene rings is 1. The van der Waals surface area contributed by atoms with Crippen LogP contribution < -0.4 is 0 Å². The van der Waals surface area contributed by atoms with Gasteiger partial charge in [-0.1, -0.05) is 12.1 Å². The Kier molecular flexibility index (Phi) is 8.31. The first-order chi connectivity index (χ1) is 10.7. The Morgan fingerprint density at radius 2 is 2.22 bits per heavy atom. The molecule has 122 valence electrons. The molecule has 2 aromatic heterocycles. The normalized spacial score (nSPS) is 11.0. The molecule has 0 unspecified atom stereocenters. The highest BCUT2D eigenvalue weighted by Crippen LogP contribution is 2.17. The van der Waals surface area contributed by atoms with Crippen LogP contribution >= 0.6 is 23.7 Å². The minimum absolute atomic E-state index is 0. The van der Waals surface area contributed by atoms with Crippen molar-refractivity contribution in [2.24, 2.45) is 4.99 Å². The van der Waals surface area contributed by atoms with Crippen LogP contribution in [0.3, 0.4) is 0 Å². The van der Waals surface area contributed by atoms with Gasteiger partial charge in [0.1, 0.15) is 5.84 Å². The lowest BCUT2D eigenvalue weighted by atomic mass is 10.2. The molecule has 0 spiro atoms. The summed E-state index contributed by atoms with van der Waals surface area (Å²) in [5.41, 5.74) is 1.12. The fourth-order valence-electron chi connectivity index (χ4n) is 2.11. The van der Waals surface area contributed by atoms with Crippen molar-refractivity contribution in [2.45, 2.75) is 32.9 Å². The average Bonchev–Trinajstić information content (AvgIpc) is 3.04. The molecule has 0 N–H and O–H groups in total. The summed E-state index contributed by atoms with van der Waals surface area (Å²) < 4.78 is 0. The molecule has 0 aromatic carbocycles. The van der Waals surface area contributed by atoms with Crippen molar-refractivity contribution in [3.8, 4) is 6.07 Å². The largest absolute Gasteiger partial charge is 0.350 e. The van der Waals surface area contributed by atoms with E-state index in [1.165, 1.54) is 0 Å². The van der Waals surface area contributed by atoms with Crippen LogP contribution in [0, 0.1) is 11.3 Å². The van der Waals surface area contributed by atoms with E-state index in [0.717, 1.165) is 16.3 Å². The summed E-state index contributed by atoms with van der Waals surface area (Å²) in [6.07, 6.45) is 4.11. The Morgan fingerprint density at radius 1 is 1.39 bits per heavy atom. The van der Waals surface area contributed by atoms with Crippen molar-refractivity contribution < 1.29 is 0 Å². The van der Waals surface area contributed by atoms with E-state index in [2.05, 4.69) is 41.2 Å². The van der Waals surface area contributed by atoms with Crippen LogP contribution in [0.5, 0.6) is 0 Å².